The molecule has 0 aromatic heterocycles. The van der Waals surface area contributed by atoms with Crippen LogP contribution in [0.1, 0.15) is 24.8 Å². The molecule has 0 aliphatic heterocycles. The van der Waals surface area contributed by atoms with Crippen LogP contribution in [-0.4, -0.2) is 39.3 Å². The van der Waals surface area contributed by atoms with E-state index >= 15 is 0 Å². The number of benzene rings is 1. The quantitative estimate of drug-likeness (QED) is 0.449. The highest BCUT2D eigenvalue weighted by molar-refractivity contribution is 7.84. The molecule has 0 amide bonds. The van der Waals surface area contributed by atoms with Crippen molar-refractivity contribution in [3.63, 3.8) is 0 Å². The van der Waals surface area contributed by atoms with Gasteiger partial charge < -0.3 is 14.7 Å². The van der Waals surface area contributed by atoms with Crippen molar-refractivity contribution in [3.8, 4) is 11.5 Å². The molecule has 23 heavy (non-hydrogen) atoms. The van der Waals surface area contributed by atoms with Crippen molar-refractivity contribution in [2.24, 2.45) is 11.7 Å². The van der Waals surface area contributed by atoms with Crippen LogP contribution in [0.2, 0.25) is 0 Å². The summed E-state index contributed by atoms with van der Waals surface area (Å²) in [5, 5.41) is -0.494. The van der Waals surface area contributed by atoms with E-state index in [0.717, 1.165) is 4.31 Å². The van der Waals surface area contributed by atoms with E-state index in [1.54, 1.807) is 19.9 Å². The number of hydrogen-bond acceptors (Lipinski definition) is 6. The zero-order valence-corrected chi connectivity index (χ0v) is 15.0. The number of nitrogens with zero attached hydrogens (tertiary/aromatic N) is 1. The molecule has 1 atom stereocenters. The summed E-state index contributed by atoms with van der Waals surface area (Å²) in [5.74, 6) is -1.03. The lowest BCUT2D eigenvalue weighted by atomic mass is 10.1. The van der Waals surface area contributed by atoms with E-state index in [-0.39, 0.29) is 18.0 Å². The Labute approximate surface area is 141 Å². The average Bonchev–Trinajstić information content (AvgIpc) is 2.47. The Morgan fingerprint density at radius 1 is 1.30 bits per heavy atom. The monoisotopic (exact) mass is 364 g/mol. The van der Waals surface area contributed by atoms with Crippen LogP contribution in [0.4, 0.5) is 0 Å². The van der Waals surface area contributed by atoms with Crippen molar-refractivity contribution in [2.75, 3.05) is 20.6 Å². The molecular formula is C14H21ClN2O5S. The summed E-state index contributed by atoms with van der Waals surface area (Å²) in [5.41, 5.74) is 6.10. The van der Waals surface area contributed by atoms with Crippen molar-refractivity contribution in [1.29, 1.82) is 0 Å². The molecule has 7 nitrogen and oxygen atoms in total. The maximum absolute atomic E-state index is 11.9. The van der Waals surface area contributed by atoms with Crippen LogP contribution in [0.3, 0.4) is 0 Å². The first kappa shape index (κ1) is 19.7. The number of ether oxygens (including phenoxy) is 1. The van der Waals surface area contributed by atoms with Gasteiger partial charge in [-0.15, -0.1) is 11.6 Å². The number of carbonyl (C=O) groups excluding carboxylic acids is 1. The molecule has 1 rings (SSSR count). The highest BCUT2D eigenvalue weighted by atomic mass is 35.5. The van der Waals surface area contributed by atoms with Gasteiger partial charge in [0.1, 0.15) is 0 Å². The van der Waals surface area contributed by atoms with Gasteiger partial charge in [-0.05, 0) is 17.7 Å². The first-order valence-corrected chi connectivity index (χ1v) is 8.70. The number of hydrogen-bond donors (Lipinski definition) is 1. The molecule has 1 aromatic carbocycles. The molecule has 2 N–H and O–H groups in total. The number of esters is 1. The minimum Gasteiger partial charge on any atom is -0.422 e. The zero-order chi connectivity index (χ0) is 17.8. The first-order valence-electron chi connectivity index (χ1n) is 6.90. The summed E-state index contributed by atoms with van der Waals surface area (Å²) >= 11 is 6.06. The number of carbonyl (C=O) groups is 1. The highest BCUT2D eigenvalue weighted by Gasteiger charge is 2.22. The van der Waals surface area contributed by atoms with Gasteiger partial charge >= 0.3 is 16.3 Å². The summed E-state index contributed by atoms with van der Waals surface area (Å²) in [6.07, 6.45) is 0. The standard InChI is InChI=1S/C14H21ClN2O5S/c1-9(2)14(18)21-13-7-10(11(15)8-16)5-6-12(13)22-23(19,20)17(3)4/h5-7,9,11H,8,16H2,1-4H3. The molecule has 0 saturated heterocycles. The molecule has 0 bridgehead atoms. The molecule has 0 heterocycles. The molecule has 9 heteroatoms. The number of nitrogens with two attached hydrogens (primary N) is 1. The minimum atomic E-state index is -3.98. The van der Waals surface area contributed by atoms with Crippen LogP contribution in [0.5, 0.6) is 11.5 Å². The number of alkyl halides is 1. The van der Waals surface area contributed by atoms with Gasteiger partial charge in [-0.2, -0.15) is 12.7 Å². The third-order valence-electron chi connectivity index (χ3n) is 2.86. The van der Waals surface area contributed by atoms with Gasteiger partial charge in [-0.3, -0.25) is 4.79 Å². The topological polar surface area (TPSA) is 98.9 Å². The van der Waals surface area contributed by atoms with Crippen molar-refractivity contribution >= 4 is 27.9 Å². The van der Waals surface area contributed by atoms with E-state index < -0.39 is 27.6 Å². The molecular weight excluding hydrogens is 344 g/mol. The fraction of sp³-hybridized carbons (Fsp3) is 0.500. The predicted molar refractivity (Wildman–Crippen MR) is 87.8 cm³/mol. The van der Waals surface area contributed by atoms with E-state index in [0.29, 0.717) is 5.56 Å². The van der Waals surface area contributed by atoms with Crippen molar-refractivity contribution in [2.45, 2.75) is 19.2 Å². The van der Waals surface area contributed by atoms with Crippen molar-refractivity contribution < 1.29 is 22.1 Å². The molecule has 130 valence electrons. The highest BCUT2D eigenvalue weighted by Crippen LogP contribution is 2.33. The average molecular weight is 365 g/mol. The molecule has 0 aliphatic carbocycles. The smallest absolute Gasteiger partial charge is 0.384 e. The Hall–Kier alpha value is -1.35. The lowest BCUT2D eigenvalue weighted by Gasteiger charge is -2.17. The first-order chi connectivity index (χ1) is 10.6. The largest absolute Gasteiger partial charge is 0.422 e. The van der Waals surface area contributed by atoms with Gasteiger partial charge in [0.25, 0.3) is 0 Å². The third-order valence-corrected chi connectivity index (χ3v) is 4.58. The Morgan fingerprint density at radius 3 is 2.39 bits per heavy atom. The maximum atomic E-state index is 11.9. The van der Waals surface area contributed by atoms with Gasteiger partial charge in [0.2, 0.25) is 0 Å². The summed E-state index contributed by atoms with van der Waals surface area (Å²) in [7, 11) is -1.33. The van der Waals surface area contributed by atoms with Crippen LogP contribution in [0.15, 0.2) is 18.2 Å². The minimum absolute atomic E-state index is 0.0225. The Balaban J connectivity index is 3.25. The SMILES string of the molecule is CC(C)C(=O)Oc1cc(C(Cl)CN)ccc1OS(=O)(=O)N(C)C. The molecule has 1 unspecified atom stereocenters. The fourth-order valence-electron chi connectivity index (χ4n) is 1.42. The van der Waals surface area contributed by atoms with Gasteiger partial charge in [-0.1, -0.05) is 19.9 Å². The molecule has 0 aliphatic rings. The van der Waals surface area contributed by atoms with E-state index in [9.17, 15) is 13.2 Å². The van der Waals surface area contributed by atoms with Crippen LogP contribution in [0.25, 0.3) is 0 Å². The molecule has 0 fully saturated rings. The second-order valence-electron chi connectivity index (χ2n) is 5.31. The second kappa shape index (κ2) is 7.96. The zero-order valence-electron chi connectivity index (χ0n) is 13.4. The second-order valence-corrected chi connectivity index (χ2v) is 7.59. The van der Waals surface area contributed by atoms with Gasteiger partial charge in [0.05, 0.1) is 11.3 Å². The van der Waals surface area contributed by atoms with Crippen LogP contribution in [0, 0.1) is 5.92 Å². The Morgan fingerprint density at radius 2 is 1.91 bits per heavy atom. The molecule has 1 aromatic rings. The molecule has 0 saturated carbocycles. The molecule has 0 spiro atoms. The predicted octanol–water partition coefficient (Wildman–Crippen LogP) is 1.67. The number of halogens is 1. The third kappa shape index (κ3) is 5.35. The Kier molecular flexibility index (Phi) is 6.82. The lowest BCUT2D eigenvalue weighted by molar-refractivity contribution is -0.137. The van der Waals surface area contributed by atoms with Gasteiger partial charge in [-0.25, -0.2) is 0 Å². The normalized spacial score (nSPS) is 13.2. The number of rotatable bonds is 7. The Bertz CT molecular complexity index is 661. The summed E-state index contributed by atoms with van der Waals surface area (Å²) in [4.78, 5) is 11.8. The lowest BCUT2D eigenvalue weighted by Crippen LogP contribution is -2.27. The van der Waals surface area contributed by atoms with E-state index in [1.807, 2.05) is 0 Å². The van der Waals surface area contributed by atoms with E-state index in [1.165, 1.54) is 26.2 Å². The van der Waals surface area contributed by atoms with Gasteiger partial charge in [0.15, 0.2) is 11.5 Å². The van der Waals surface area contributed by atoms with Crippen LogP contribution >= 0.6 is 11.6 Å². The summed E-state index contributed by atoms with van der Waals surface area (Å²) < 4.78 is 34.8. The van der Waals surface area contributed by atoms with Crippen LogP contribution in [-0.2, 0) is 15.1 Å². The maximum Gasteiger partial charge on any atom is 0.384 e. The van der Waals surface area contributed by atoms with E-state index in [4.69, 9.17) is 26.3 Å². The summed E-state index contributed by atoms with van der Waals surface area (Å²) in [6, 6.07) is 4.40. The van der Waals surface area contributed by atoms with Crippen LogP contribution < -0.4 is 14.7 Å². The van der Waals surface area contributed by atoms with Crippen molar-refractivity contribution in [1.82, 2.24) is 4.31 Å². The van der Waals surface area contributed by atoms with Crippen molar-refractivity contribution in [3.05, 3.63) is 23.8 Å². The van der Waals surface area contributed by atoms with E-state index in [2.05, 4.69) is 0 Å². The fourth-order valence-corrected chi connectivity index (χ4v) is 2.07. The summed E-state index contributed by atoms with van der Waals surface area (Å²) in [6.45, 7) is 3.50. The molecule has 0 radical (unpaired) electrons. The van der Waals surface area contributed by atoms with Gasteiger partial charge in [0, 0.05) is 20.6 Å².